The molecule has 0 saturated carbocycles. The lowest BCUT2D eigenvalue weighted by Gasteiger charge is -2.28. The number of nitrogens with one attached hydrogen (secondary N) is 4. The van der Waals surface area contributed by atoms with Crippen molar-refractivity contribution in [2.24, 2.45) is 0 Å². The van der Waals surface area contributed by atoms with Crippen molar-refractivity contribution in [3.63, 3.8) is 0 Å². The van der Waals surface area contributed by atoms with Crippen LogP contribution in [0.15, 0.2) is 85.1 Å². The maximum Gasteiger partial charge on any atom is 0.330 e. The number of anilines is 4. The van der Waals surface area contributed by atoms with Gasteiger partial charge >= 0.3 is 51.7 Å². The molecule has 0 spiro atoms. The summed E-state index contributed by atoms with van der Waals surface area (Å²) in [4.78, 5) is 195. The highest BCUT2D eigenvalue weighted by atomic mass is 32.5. The summed E-state index contributed by atoms with van der Waals surface area (Å²) in [6.07, 6.45) is -11.6. The Hall–Kier alpha value is -6.63. The number of aromatic amines is 4. The van der Waals surface area contributed by atoms with E-state index in [0.29, 0.717) is 6.42 Å². The zero-order valence-electron chi connectivity index (χ0n) is 66.7. The maximum absolute atomic E-state index is 13.1. The molecule has 18 N–H and O–H groups in total. The Bertz CT molecular complexity index is 6610. The maximum atomic E-state index is 13.1. The highest BCUT2D eigenvalue weighted by Crippen LogP contribution is 2.58. The average Bonchev–Trinajstić information content (AvgIpc) is 1.59. The second kappa shape index (κ2) is 37.7. The van der Waals surface area contributed by atoms with Crippen molar-refractivity contribution in [3.8, 4) is 0 Å². The third-order valence-corrected chi connectivity index (χ3v) is 31.0. The smallest absolute Gasteiger partial charge is 0.330 e. The minimum Gasteiger partial charge on any atom is -0.382 e. The van der Waals surface area contributed by atoms with Crippen LogP contribution in [0, 0.1) is 13.8 Å². The van der Waals surface area contributed by atoms with E-state index in [0.717, 1.165) is 11.7 Å². The highest BCUT2D eigenvalue weighted by Gasteiger charge is 2.51. The third-order valence-electron chi connectivity index (χ3n) is 21.3. The first-order chi connectivity index (χ1) is 60.5. The molecule has 6 unspecified atom stereocenters. The second-order valence-electron chi connectivity index (χ2n) is 29.7. The van der Waals surface area contributed by atoms with Gasteiger partial charge in [0.05, 0.1) is 100 Å². The number of ether oxygens (including phenoxy) is 6. The van der Waals surface area contributed by atoms with Gasteiger partial charge in [-0.1, -0.05) is 6.92 Å². The fourth-order valence-corrected chi connectivity index (χ4v) is 23.6. The van der Waals surface area contributed by atoms with E-state index in [1.807, 2.05) is 0 Å². The van der Waals surface area contributed by atoms with Crippen molar-refractivity contribution in [1.82, 2.24) is 92.2 Å². The van der Waals surface area contributed by atoms with Crippen LogP contribution in [0.5, 0.6) is 0 Å². The van der Waals surface area contributed by atoms with Crippen LogP contribution in [0.4, 0.5) is 23.5 Å². The van der Waals surface area contributed by atoms with Crippen molar-refractivity contribution >= 4 is 179 Å². The van der Waals surface area contributed by atoms with Crippen molar-refractivity contribution < 1.29 is 112 Å². The molecule has 694 valence electrons. The Kier molecular flexibility index (Phi) is 27.8. The first-order valence-electron chi connectivity index (χ1n) is 38.4. The lowest BCUT2D eigenvalue weighted by molar-refractivity contribution is -0.0558. The Morgan fingerprint density at radius 2 is 0.711 bits per heavy atom. The number of aryl methyl sites for hydroxylation is 2. The topological polar surface area (TPSA) is 703 Å². The molecule has 128 heavy (non-hydrogen) atoms. The lowest BCUT2D eigenvalue weighted by Crippen LogP contribution is -2.33. The van der Waals surface area contributed by atoms with Crippen LogP contribution in [0.3, 0.4) is 0 Å². The fourth-order valence-electron chi connectivity index (χ4n) is 15.3. The van der Waals surface area contributed by atoms with Crippen LogP contribution >= 0.6 is 40.3 Å². The van der Waals surface area contributed by atoms with Crippen molar-refractivity contribution in [3.05, 3.63) is 130 Å². The molecule has 0 amide bonds. The van der Waals surface area contributed by atoms with Gasteiger partial charge in [0.1, 0.15) is 91.6 Å². The average molecular weight is 2020 g/mol. The van der Waals surface area contributed by atoms with E-state index in [1.165, 1.54) is 93.0 Å². The molecule has 0 radical (unpaired) electrons. The van der Waals surface area contributed by atoms with E-state index in [2.05, 4.69) is 64.8 Å². The normalized spacial score (nSPS) is 29.1. The van der Waals surface area contributed by atoms with E-state index < -0.39 is 218 Å². The van der Waals surface area contributed by atoms with Gasteiger partial charge in [0.2, 0.25) is 11.9 Å². The van der Waals surface area contributed by atoms with E-state index in [4.69, 9.17) is 176 Å². The van der Waals surface area contributed by atoms with Crippen LogP contribution in [0.2, 0.25) is 0 Å². The van der Waals surface area contributed by atoms with E-state index in [9.17, 15) is 58.1 Å². The summed E-state index contributed by atoms with van der Waals surface area (Å²) < 4.78 is 118. The van der Waals surface area contributed by atoms with E-state index in [1.54, 1.807) is 6.92 Å². The van der Waals surface area contributed by atoms with Gasteiger partial charge in [-0.05, 0) is 97.2 Å². The number of aromatic nitrogens is 19. The van der Waals surface area contributed by atoms with Gasteiger partial charge in [-0.3, -0.25) is 61.9 Å². The van der Waals surface area contributed by atoms with Gasteiger partial charge in [-0.15, -0.1) is 0 Å². The molecule has 10 aromatic rings. The quantitative estimate of drug-likeness (QED) is 0.0247. The summed E-state index contributed by atoms with van der Waals surface area (Å²) in [5.74, 6) is -0.478. The Morgan fingerprint density at radius 3 is 1.08 bits per heavy atom. The molecule has 6 fully saturated rings. The highest BCUT2D eigenvalue weighted by molar-refractivity contribution is 8.08. The summed E-state index contributed by atoms with van der Waals surface area (Å²) in [7, 11) is 1.12. The summed E-state index contributed by atoms with van der Waals surface area (Å²) >= 11 is 33.5. The number of hydrogen-bond donors (Lipinski definition) is 14. The zero-order valence-corrected chi connectivity index (χ0v) is 77.0. The van der Waals surface area contributed by atoms with E-state index >= 15 is 0 Å². The summed E-state index contributed by atoms with van der Waals surface area (Å²) in [6, 6.07) is 1.46. The molecule has 0 bridgehead atoms. The monoisotopic (exact) mass is 2020 g/mol. The van der Waals surface area contributed by atoms with Gasteiger partial charge in [0.15, 0.2) is 39.7 Å². The molecule has 16 rings (SSSR count). The SMILES string of the molecule is CC[C@H]1O[C@@H](n2cc(C)c(=O)[nH]c2=O)C[C@H]1OP(O)(=S)OC[C@H]1O[C@@H](n2ccc3c(=O)[nH]c(N)nc32)C[C@H]1OP(O)(=S)OC[C@H]1O[C@@H](n2cnc3c(=O)[nH]c(N)nc32)C[C@H]1OP(O)(=S)OC[C@H]1O[C@@H](n2cnc3c(N)ncnc32)C[C@H]1OP(O)(=S)OC[C@H]1O[C@@H](n2cnc3c(N)ncnc32)C[C@H]1OP(O)(=S)OC[C@H]1O[C@@H](n2cc(C)c(=O)[nH]c2=O)C[C@H]1OP(O)(=S)OC. The Labute approximate surface area is 748 Å². The molecule has 16 heterocycles. The number of fused-ring (bicyclic) bond motifs is 4. The molecule has 10 aromatic heterocycles. The number of nitrogens with two attached hydrogens (primary N) is 4. The van der Waals surface area contributed by atoms with Crippen molar-refractivity contribution in [2.45, 2.75) is 176 Å². The fraction of sp³-hybridized carbons (Fsp3) is 0.540. The molecule has 6 aliphatic heterocycles. The minimum atomic E-state index is -4.66. The predicted octanol–water partition coefficient (Wildman–Crippen LogP) is 1.06. The Balaban J connectivity index is 0.623. The van der Waals surface area contributed by atoms with Crippen LogP contribution < -0.4 is 56.6 Å². The number of nitrogens with zero attached hydrogens (tertiary/aromatic N) is 15. The number of nitrogen functional groups attached to an aromatic ring is 4. The number of H-pyrrole nitrogens is 4. The van der Waals surface area contributed by atoms with E-state index in [-0.39, 0.29) is 118 Å². The van der Waals surface area contributed by atoms with Gasteiger partial charge in [-0.2, -0.15) is 9.97 Å². The van der Waals surface area contributed by atoms with Gasteiger partial charge in [0, 0.05) is 75.4 Å². The molecular formula is C63H81N23O30P6S6. The second-order valence-corrected chi connectivity index (χ2v) is 46.6. The van der Waals surface area contributed by atoms with Crippen LogP contribution in [0.1, 0.15) is 100 Å². The molecule has 0 aromatic carbocycles. The summed E-state index contributed by atoms with van der Waals surface area (Å²) in [5, 5.41) is 0.121. The molecule has 53 nitrogen and oxygen atoms in total. The molecular weight excluding hydrogens is 1940 g/mol. The number of hydrogen-bond acceptors (Lipinski definition) is 43. The van der Waals surface area contributed by atoms with Crippen LogP contribution in [-0.2, 0) is 154 Å². The summed E-state index contributed by atoms with van der Waals surface area (Å²) in [5.41, 5.74) is 21.3. The number of rotatable bonds is 35. The molecule has 24 atom stereocenters. The molecule has 0 aliphatic carbocycles. The van der Waals surface area contributed by atoms with Gasteiger partial charge in [0.25, 0.3) is 22.2 Å². The largest absolute Gasteiger partial charge is 0.382 e. The third kappa shape index (κ3) is 21.0. The predicted molar refractivity (Wildman–Crippen MR) is 465 cm³/mol. The van der Waals surface area contributed by atoms with Crippen LogP contribution in [0.25, 0.3) is 44.5 Å². The van der Waals surface area contributed by atoms with Crippen LogP contribution in [-0.4, -0.2) is 235 Å². The van der Waals surface area contributed by atoms with Crippen molar-refractivity contribution in [2.75, 3.05) is 63.1 Å². The van der Waals surface area contributed by atoms with Crippen molar-refractivity contribution in [1.29, 1.82) is 0 Å². The first kappa shape index (κ1) is 94.6. The van der Waals surface area contributed by atoms with Gasteiger partial charge in [-0.25, -0.2) is 44.5 Å². The standard InChI is InChI=1S/C63H81N23O30P6S6/c1-5-29-30(8-42(105-29)82-14-26(2)56(87)79-62(82)91)112-118(94,124)100-17-37-32(9-41(106-37)81-7-6-28-52(81)75-60(66)77-58(28)89)113-119(95,125)104-20-40-35(13-46(110-40)86-25-74-49-55(86)76-61(67)78-59(49)90)116-122(98,128)103-19-39-34(12-45(109-39)85-24-73-48-51(65)69-22-71-54(48)85)115-121(97,127)102-18-38-33(11-44(108-38)84-23-72-47-50(64)68-21-70-53(47)84)114-120(96,126)101-16-36-31(111-117(93,123)99-4)10-43(107-36)83-15-27(3)57(88)80-63(83)92/h6-7,14-15,21-25,29-46H,5,8-13,16-20H2,1-4H3,(H,93,123)(H,94,124)(H,95,125)(H,96,126)(H,97,127)(H,98,128)(H2,64,68,70)(H2,65,69,71)(H,79,87,91)(H,80,88,92)(H3,66,75,77,89)(H3,67,76,78,90)/t29-,30-,31-,32-,33-,34-,35-,36-,37-,38-,39-,40-,41-,42-,43-,44-,45-,46-,117?,118?,119?,120?,121?,122?/m1/s1. The number of imidazole rings is 3. The Morgan fingerprint density at radius 1 is 0.398 bits per heavy atom. The first-order valence-corrected chi connectivity index (χ1v) is 54.0. The molecule has 6 saturated heterocycles. The van der Waals surface area contributed by atoms with Gasteiger partial charge < -0.3 is 140 Å². The zero-order chi connectivity index (χ0) is 91.2. The summed E-state index contributed by atoms with van der Waals surface area (Å²) in [6.45, 7) is -25.2. The molecule has 65 heteroatoms. The molecule has 6 aliphatic rings. The minimum absolute atomic E-state index is 0.0103. The lowest BCUT2D eigenvalue weighted by atomic mass is 10.1.